The SMILES string of the molecule is C[C@]12C/C(=C/c3ccc(F)cc3)C(=O)C=C1CCC[C@@H]2O. The number of carbonyl (C=O) groups is 1. The number of ketones is 1. The molecule has 2 aliphatic carbocycles. The van der Waals surface area contributed by atoms with Gasteiger partial charge < -0.3 is 5.11 Å². The number of carbonyl (C=O) groups excluding carboxylic acids is 1. The summed E-state index contributed by atoms with van der Waals surface area (Å²) in [4.78, 5) is 12.3. The minimum Gasteiger partial charge on any atom is -0.392 e. The highest BCUT2D eigenvalue weighted by molar-refractivity contribution is 6.08. The molecule has 1 N–H and O–H groups in total. The summed E-state index contributed by atoms with van der Waals surface area (Å²) in [6, 6.07) is 6.10. The maximum Gasteiger partial charge on any atom is 0.181 e. The molecule has 3 rings (SSSR count). The van der Waals surface area contributed by atoms with E-state index in [1.165, 1.54) is 12.1 Å². The number of halogens is 1. The average molecular weight is 286 g/mol. The number of allylic oxidation sites excluding steroid dienone is 2. The molecule has 1 fully saturated rings. The summed E-state index contributed by atoms with van der Waals surface area (Å²) in [6.07, 6.45) is 6.27. The predicted molar refractivity (Wildman–Crippen MR) is 80.0 cm³/mol. The third-order valence-electron chi connectivity index (χ3n) is 4.78. The van der Waals surface area contributed by atoms with Crippen LogP contribution in [0.1, 0.15) is 38.2 Å². The van der Waals surface area contributed by atoms with Crippen molar-refractivity contribution in [3.05, 3.63) is 52.9 Å². The van der Waals surface area contributed by atoms with E-state index in [0.29, 0.717) is 12.0 Å². The Hall–Kier alpha value is -1.74. The Balaban J connectivity index is 1.96. The van der Waals surface area contributed by atoms with E-state index < -0.39 is 6.10 Å². The molecule has 2 nitrogen and oxygen atoms in total. The zero-order valence-electron chi connectivity index (χ0n) is 12.1. The largest absolute Gasteiger partial charge is 0.392 e. The minimum atomic E-state index is -0.401. The lowest BCUT2D eigenvalue weighted by Crippen LogP contribution is -2.40. The van der Waals surface area contributed by atoms with E-state index in [4.69, 9.17) is 0 Å². The molecule has 21 heavy (non-hydrogen) atoms. The Kier molecular flexibility index (Phi) is 3.54. The number of hydrogen-bond acceptors (Lipinski definition) is 2. The second-order valence-corrected chi connectivity index (χ2v) is 6.26. The maximum absolute atomic E-state index is 12.9. The Morgan fingerprint density at radius 3 is 2.76 bits per heavy atom. The highest BCUT2D eigenvalue weighted by Gasteiger charge is 2.43. The summed E-state index contributed by atoms with van der Waals surface area (Å²) < 4.78 is 12.9. The van der Waals surface area contributed by atoms with E-state index in [1.54, 1.807) is 18.2 Å². The van der Waals surface area contributed by atoms with Crippen LogP contribution < -0.4 is 0 Å². The quantitative estimate of drug-likeness (QED) is 0.800. The number of hydrogen-bond donors (Lipinski definition) is 1. The van der Waals surface area contributed by atoms with Crippen molar-refractivity contribution in [2.45, 2.75) is 38.7 Å². The van der Waals surface area contributed by atoms with Crippen molar-refractivity contribution in [1.82, 2.24) is 0 Å². The van der Waals surface area contributed by atoms with Crippen molar-refractivity contribution in [2.24, 2.45) is 5.41 Å². The van der Waals surface area contributed by atoms with Gasteiger partial charge in [0.05, 0.1) is 6.10 Å². The third-order valence-corrected chi connectivity index (χ3v) is 4.78. The van der Waals surface area contributed by atoms with Gasteiger partial charge in [-0.25, -0.2) is 4.39 Å². The summed E-state index contributed by atoms with van der Waals surface area (Å²) in [5.74, 6) is -0.273. The summed E-state index contributed by atoms with van der Waals surface area (Å²) >= 11 is 0. The molecule has 1 saturated carbocycles. The van der Waals surface area contributed by atoms with Gasteiger partial charge >= 0.3 is 0 Å². The van der Waals surface area contributed by atoms with Gasteiger partial charge in [0.25, 0.3) is 0 Å². The van der Waals surface area contributed by atoms with Crippen LogP contribution >= 0.6 is 0 Å². The molecule has 0 spiro atoms. The number of aliphatic hydroxyl groups is 1. The summed E-state index contributed by atoms with van der Waals surface area (Å²) in [5.41, 5.74) is 2.24. The van der Waals surface area contributed by atoms with Crippen molar-refractivity contribution >= 4 is 11.9 Å². The van der Waals surface area contributed by atoms with Gasteiger partial charge in [0.15, 0.2) is 5.78 Å². The molecule has 2 aliphatic rings. The maximum atomic E-state index is 12.9. The van der Waals surface area contributed by atoms with Gasteiger partial charge in [-0.3, -0.25) is 4.79 Å². The molecule has 0 bridgehead atoms. The molecular formula is C18H19FO2. The van der Waals surface area contributed by atoms with Crippen LogP contribution in [0.4, 0.5) is 4.39 Å². The van der Waals surface area contributed by atoms with Crippen LogP contribution in [0.2, 0.25) is 0 Å². The molecule has 0 saturated heterocycles. The number of rotatable bonds is 1. The number of aliphatic hydroxyl groups excluding tert-OH is 1. The molecule has 0 heterocycles. The fourth-order valence-electron chi connectivity index (χ4n) is 3.39. The Bertz CT molecular complexity index is 627. The lowest BCUT2D eigenvalue weighted by Gasteiger charge is -2.43. The van der Waals surface area contributed by atoms with Crippen LogP contribution in [0.3, 0.4) is 0 Å². The molecule has 0 amide bonds. The first kappa shape index (κ1) is 14.2. The third kappa shape index (κ3) is 2.58. The topological polar surface area (TPSA) is 37.3 Å². The van der Waals surface area contributed by atoms with Crippen molar-refractivity contribution in [2.75, 3.05) is 0 Å². The van der Waals surface area contributed by atoms with E-state index in [-0.39, 0.29) is 17.0 Å². The van der Waals surface area contributed by atoms with Gasteiger partial charge in [0, 0.05) is 11.0 Å². The molecule has 1 aromatic carbocycles. The second kappa shape index (κ2) is 5.23. The molecule has 0 aliphatic heterocycles. The molecule has 110 valence electrons. The van der Waals surface area contributed by atoms with Crippen LogP contribution in [0.25, 0.3) is 6.08 Å². The molecule has 1 aromatic rings. The molecule has 0 unspecified atom stereocenters. The average Bonchev–Trinajstić information content (AvgIpc) is 2.45. The predicted octanol–water partition coefficient (Wildman–Crippen LogP) is 3.66. The first-order valence-electron chi connectivity index (χ1n) is 7.38. The van der Waals surface area contributed by atoms with Gasteiger partial charge in [-0.2, -0.15) is 0 Å². The summed E-state index contributed by atoms with van der Waals surface area (Å²) in [7, 11) is 0. The van der Waals surface area contributed by atoms with Crippen LogP contribution in [0.15, 0.2) is 41.5 Å². The molecule has 3 heteroatoms. The normalized spacial score (nSPS) is 31.0. The lowest BCUT2D eigenvalue weighted by molar-refractivity contribution is -0.112. The van der Waals surface area contributed by atoms with Gasteiger partial charge in [0.2, 0.25) is 0 Å². The monoisotopic (exact) mass is 286 g/mol. The number of benzene rings is 1. The highest BCUT2D eigenvalue weighted by Crippen LogP contribution is 2.48. The van der Waals surface area contributed by atoms with Gasteiger partial charge in [0.1, 0.15) is 5.82 Å². The zero-order valence-corrected chi connectivity index (χ0v) is 12.1. The molecular weight excluding hydrogens is 267 g/mol. The van der Waals surface area contributed by atoms with Crippen LogP contribution in [0, 0.1) is 11.2 Å². The molecule has 0 aromatic heterocycles. The Labute approximate surface area is 124 Å². The van der Waals surface area contributed by atoms with Crippen LogP contribution in [-0.4, -0.2) is 17.0 Å². The standard InChI is InChI=1S/C18H19FO2/c1-18-11-13(9-12-5-7-15(19)8-6-12)16(20)10-14(18)3-2-4-17(18)21/h5-10,17,21H,2-4,11H2,1H3/b13-9-/t17-,18-/m0/s1. The van der Waals surface area contributed by atoms with E-state index in [0.717, 1.165) is 30.4 Å². The second-order valence-electron chi connectivity index (χ2n) is 6.26. The first-order valence-corrected chi connectivity index (χ1v) is 7.38. The summed E-state index contributed by atoms with van der Waals surface area (Å²) in [5, 5.41) is 10.3. The van der Waals surface area contributed by atoms with Crippen molar-refractivity contribution in [1.29, 1.82) is 0 Å². The van der Waals surface area contributed by atoms with Crippen LogP contribution in [0.5, 0.6) is 0 Å². The van der Waals surface area contributed by atoms with Gasteiger partial charge in [-0.05, 0) is 55.5 Å². The smallest absolute Gasteiger partial charge is 0.181 e. The van der Waals surface area contributed by atoms with Gasteiger partial charge in [-0.15, -0.1) is 0 Å². The van der Waals surface area contributed by atoms with E-state index in [1.807, 2.05) is 13.0 Å². The Morgan fingerprint density at radius 1 is 1.33 bits per heavy atom. The molecule has 0 radical (unpaired) electrons. The van der Waals surface area contributed by atoms with E-state index in [2.05, 4.69) is 0 Å². The fraction of sp³-hybridized carbons (Fsp3) is 0.389. The van der Waals surface area contributed by atoms with E-state index in [9.17, 15) is 14.3 Å². The number of fused-ring (bicyclic) bond motifs is 1. The highest BCUT2D eigenvalue weighted by atomic mass is 19.1. The van der Waals surface area contributed by atoms with Crippen molar-refractivity contribution in [3.8, 4) is 0 Å². The van der Waals surface area contributed by atoms with Crippen molar-refractivity contribution < 1.29 is 14.3 Å². The summed E-state index contributed by atoms with van der Waals surface area (Å²) in [6.45, 7) is 2.04. The Morgan fingerprint density at radius 2 is 2.05 bits per heavy atom. The first-order chi connectivity index (χ1) is 9.99. The fourth-order valence-corrected chi connectivity index (χ4v) is 3.39. The minimum absolute atomic E-state index is 0.0147. The van der Waals surface area contributed by atoms with E-state index >= 15 is 0 Å². The van der Waals surface area contributed by atoms with Gasteiger partial charge in [-0.1, -0.05) is 24.6 Å². The van der Waals surface area contributed by atoms with Crippen molar-refractivity contribution in [3.63, 3.8) is 0 Å². The lowest BCUT2D eigenvalue weighted by atomic mass is 9.63. The van der Waals surface area contributed by atoms with Crippen LogP contribution in [-0.2, 0) is 4.79 Å². The zero-order chi connectivity index (χ0) is 15.0. The molecule has 2 atom stereocenters.